The van der Waals surface area contributed by atoms with E-state index in [1.54, 1.807) is 24.3 Å². The van der Waals surface area contributed by atoms with Crippen LogP contribution in [0.15, 0.2) is 24.3 Å². The molecule has 13 heavy (non-hydrogen) atoms. The maximum atomic E-state index is 10.4. The normalized spacial score (nSPS) is 9.00. The fraction of sp³-hybridized carbons (Fsp3) is 0.222. The Morgan fingerprint density at radius 2 is 1.85 bits per heavy atom. The molecule has 1 aromatic rings. The molecule has 1 rings (SSSR count). The van der Waals surface area contributed by atoms with Crippen molar-refractivity contribution in [2.75, 3.05) is 6.54 Å². The summed E-state index contributed by atoms with van der Waals surface area (Å²) in [6, 6.07) is 6.76. The fourth-order valence-electron chi connectivity index (χ4n) is 0.981. The number of hydrogen-bond donors (Lipinski definition) is 2. The standard InChI is InChI=1S/C9H11NO2.BrH/c10-6-5-7-1-3-8(4-2-7)9(11)12;/h1-4H,5-6,10H2,(H,11,12);1H. The van der Waals surface area contributed by atoms with Crippen LogP contribution in [0, 0.1) is 0 Å². The molecule has 0 saturated heterocycles. The zero-order chi connectivity index (χ0) is 8.97. The molecule has 0 fully saturated rings. The number of halogens is 1. The van der Waals surface area contributed by atoms with E-state index in [2.05, 4.69) is 0 Å². The number of aromatic carboxylic acids is 1. The van der Waals surface area contributed by atoms with Gasteiger partial charge < -0.3 is 10.8 Å². The highest BCUT2D eigenvalue weighted by Gasteiger charge is 2.00. The Labute approximate surface area is 87.3 Å². The Hall–Kier alpha value is -0.870. The lowest BCUT2D eigenvalue weighted by Crippen LogP contribution is -2.03. The van der Waals surface area contributed by atoms with Gasteiger partial charge in [0.05, 0.1) is 5.56 Å². The van der Waals surface area contributed by atoms with Gasteiger partial charge in [-0.15, -0.1) is 17.0 Å². The molecule has 0 aliphatic heterocycles. The molecule has 0 bridgehead atoms. The molecule has 0 radical (unpaired) electrons. The van der Waals surface area contributed by atoms with Crippen LogP contribution in [0.3, 0.4) is 0 Å². The summed E-state index contributed by atoms with van der Waals surface area (Å²) in [6.45, 7) is 0.590. The van der Waals surface area contributed by atoms with Gasteiger partial charge in [0.1, 0.15) is 0 Å². The lowest BCUT2D eigenvalue weighted by atomic mass is 10.1. The van der Waals surface area contributed by atoms with Crippen LogP contribution in [-0.2, 0) is 6.42 Å². The first kappa shape index (κ1) is 12.1. The van der Waals surface area contributed by atoms with Crippen LogP contribution >= 0.6 is 17.0 Å². The maximum Gasteiger partial charge on any atom is 0.335 e. The van der Waals surface area contributed by atoms with Gasteiger partial charge in [-0.05, 0) is 30.7 Å². The van der Waals surface area contributed by atoms with Crippen LogP contribution in [0.1, 0.15) is 15.9 Å². The third-order valence-corrected chi connectivity index (χ3v) is 1.63. The van der Waals surface area contributed by atoms with Gasteiger partial charge in [0.25, 0.3) is 0 Å². The Morgan fingerprint density at radius 3 is 2.23 bits per heavy atom. The van der Waals surface area contributed by atoms with Crippen LogP contribution in [0.25, 0.3) is 0 Å². The van der Waals surface area contributed by atoms with Gasteiger partial charge in [-0.2, -0.15) is 0 Å². The molecule has 0 aliphatic rings. The molecule has 0 amide bonds. The average molecular weight is 246 g/mol. The molecule has 0 unspecified atom stereocenters. The Bertz CT molecular complexity index is 271. The number of nitrogens with two attached hydrogens (primary N) is 1. The molecular weight excluding hydrogens is 234 g/mol. The lowest BCUT2D eigenvalue weighted by Gasteiger charge is -1.98. The summed E-state index contributed by atoms with van der Waals surface area (Å²) in [5, 5.41) is 8.58. The predicted octanol–water partition coefficient (Wildman–Crippen LogP) is 1.46. The molecule has 0 saturated carbocycles. The molecule has 0 aliphatic carbocycles. The summed E-state index contributed by atoms with van der Waals surface area (Å²) in [5.41, 5.74) is 6.73. The summed E-state index contributed by atoms with van der Waals surface area (Å²) in [6.07, 6.45) is 0.792. The van der Waals surface area contributed by atoms with E-state index in [1.165, 1.54) is 0 Å². The number of carboxylic acids is 1. The second-order valence-corrected chi connectivity index (χ2v) is 2.54. The molecular formula is C9H12BrNO2. The third-order valence-electron chi connectivity index (χ3n) is 1.63. The van der Waals surface area contributed by atoms with E-state index in [1.807, 2.05) is 0 Å². The van der Waals surface area contributed by atoms with Crippen molar-refractivity contribution in [2.24, 2.45) is 5.73 Å². The van der Waals surface area contributed by atoms with Gasteiger partial charge in [0.2, 0.25) is 0 Å². The van der Waals surface area contributed by atoms with Crippen molar-refractivity contribution in [1.29, 1.82) is 0 Å². The van der Waals surface area contributed by atoms with Crippen LogP contribution in [0.2, 0.25) is 0 Å². The fourth-order valence-corrected chi connectivity index (χ4v) is 0.981. The molecule has 0 spiro atoms. The largest absolute Gasteiger partial charge is 0.478 e. The van der Waals surface area contributed by atoms with Crippen LogP contribution < -0.4 is 5.73 Å². The topological polar surface area (TPSA) is 63.3 Å². The Balaban J connectivity index is 0.00000144. The van der Waals surface area contributed by atoms with E-state index in [0.717, 1.165) is 12.0 Å². The number of hydrogen-bond acceptors (Lipinski definition) is 2. The van der Waals surface area contributed by atoms with Crippen molar-refractivity contribution in [2.45, 2.75) is 6.42 Å². The summed E-state index contributed by atoms with van der Waals surface area (Å²) in [7, 11) is 0. The van der Waals surface area contributed by atoms with E-state index in [9.17, 15) is 4.79 Å². The monoisotopic (exact) mass is 245 g/mol. The highest BCUT2D eigenvalue weighted by atomic mass is 79.9. The third kappa shape index (κ3) is 3.57. The van der Waals surface area contributed by atoms with Crippen molar-refractivity contribution in [3.05, 3.63) is 35.4 Å². The molecule has 3 nitrogen and oxygen atoms in total. The van der Waals surface area contributed by atoms with Gasteiger partial charge in [0, 0.05) is 0 Å². The molecule has 0 atom stereocenters. The molecule has 0 aromatic heterocycles. The van der Waals surface area contributed by atoms with Gasteiger partial charge in [-0.25, -0.2) is 4.79 Å². The second-order valence-electron chi connectivity index (χ2n) is 2.54. The van der Waals surface area contributed by atoms with Crippen molar-refractivity contribution in [3.63, 3.8) is 0 Å². The SMILES string of the molecule is Br.NCCc1ccc(C(=O)O)cc1. The number of carboxylic acid groups (broad SMARTS) is 1. The predicted molar refractivity (Wildman–Crippen MR) is 56.5 cm³/mol. The van der Waals surface area contributed by atoms with Gasteiger partial charge in [-0.1, -0.05) is 12.1 Å². The molecule has 72 valence electrons. The van der Waals surface area contributed by atoms with Crippen LogP contribution in [-0.4, -0.2) is 17.6 Å². The average Bonchev–Trinajstić information content (AvgIpc) is 2.06. The summed E-state index contributed by atoms with van der Waals surface area (Å²) >= 11 is 0. The van der Waals surface area contributed by atoms with E-state index < -0.39 is 5.97 Å². The van der Waals surface area contributed by atoms with Gasteiger partial charge in [-0.3, -0.25) is 0 Å². The van der Waals surface area contributed by atoms with Gasteiger partial charge in [0.15, 0.2) is 0 Å². The minimum atomic E-state index is -0.894. The van der Waals surface area contributed by atoms with E-state index in [0.29, 0.717) is 12.1 Å². The summed E-state index contributed by atoms with van der Waals surface area (Å²) < 4.78 is 0. The highest BCUT2D eigenvalue weighted by molar-refractivity contribution is 8.93. The zero-order valence-corrected chi connectivity index (χ0v) is 8.78. The summed E-state index contributed by atoms with van der Waals surface area (Å²) in [4.78, 5) is 10.4. The Morgan fingerprint density at radius 1 is 1.31 bits per heavy atom. The molecule has 3 N–H and O–H groups in total. The minimum absolute atomic E-state index is 0. The van der Waals surface area contributed by atoms with Crippen molar-refractivity contribution < 1.29 is 9.90 Å². The minimum Gasteiger partial charge on any atom is -0.478 e. The van der Waals surface area contributed by atoms with Crippen LogP contribution in [0.4, 0.5) is 0 Å². The van der Waals surface area contributed by atoms with Crippen molar-refractivity contribution >= 4 is 23.0 Å². The van der Waals surface area contributed by atoms with Crippen LogP contribution in [0.5, 0.6) is 0 Å². The van der Waals surface area contributed by atoms with Crippen molar-refractivity contribution in [1.82, 2.24) is 0 Å². The van der Waals surface area contributed by atoms with E-state index in [4.69, 9.17) is 10.8 Å². The number of benzene rings is 1. The first-order chi connectivity index (χ1) is 5.74. The molecule has 0 heterocycles. The zero-order valence-electron chi connectivity index (χ0n) is 7.06. The first-order valence-electron chi connectivity index (χ1n) is 3.76. The Kier molecular flexibility index (Phi) is 5.34. The van der Waals surface area contributed by atoms with Crippen molar-refractivity contribution in [3.8, 4) is 0 Å². The second kappa shape index (κ2) is 5.72. The summed E-state index contributed by atoms with van der Waals surface area (Å²) in [5.74, 6) is -0.894. The quantitative estimate of drug-likeness (QED) is 0.848. The number of rotatable bonds is 3. The number of carbonyl (C=O) groups is 1. The maximum absolute atomic E-state index is 10.4. The molecule has 4 heteroatoms. The van der Waals surface area contributed by atoms with E-state index >= 15 is 0 Å². The first-order valence-corrected chi connectivity index (χ1v) is 3.76. The molecule has 1 aromatic carbocycles. The van der Waals surface area contributed by atoms with E-state index in [-0.39, 0.29) is 17.0 Å². The van der Waals surface area contributed by atoms with Gasteiger partial charge >= 0.3 is 5.97 Å². The highest BCUT2D eigenvalue weighted by Crippen LogP contribution is 2.04. The smallest absolute Gasteiger partial charge is 0.335 e. The lowest BCUT2D eigenvalue weighted by molar-refractivity contribution is 0.0697.